The molecule has 0 bridgehead atoms. The minimum Gasteiger partial charge on any atom is -0.481 e. The summed E-state index contributed by atoms with van der Waals surface area (Å²) >= 11 is 0. The Morgan fingerprint density at radius 2 is 0.942 bits per heavy atom. The van der Waals surface area contributed by atoms with E-state index in [0.29, 0.717) is 26.0 Å². The molecular weight excluding hydrogens is 1090 g/mol. The first-order chi connectivity index (χ1) is 41.2. The second kappa shape index (κ2) is 51.2. The molecular formula is C69H131N5O12. The maximum Gasteiger partial charge on any atom is 0.326 e. The number of carbonyl (C=O) groups excluding carboxylic acids is 3. The van der Waals surface area contributed by atoms with Gasteiger partial charge in [0.25, 0.3) is 0 Å². The molecule has 0 aromatic heterocycles. The first-order valence-electron chi connectivity index (χ1n) is 35.2. The van der Waals surface area contributed by atoms with Crippen molar-refractivity contribution in [3.05, 3.63) is 0 Å². The lowest BCUT2D eigenvalue weighted by Gasteiger charge is -2.31. The highest BCUT2D eigenvalue weighted by Gasteiger charge is 2.40. The first kappa shape index (κ1) is 80.5. The van der Waals surface area contributed by atoms with Gasteiger partial charge in [-0.1, -0.05) is 213 Å². The quantitative estimate of drug-likeness (QED) is 0.0281. The molecule has 504 valence electrons. The standard InChI is InChI=1S/C69H131N5O12/c1-8-10-12-14-16-18-20-22-24-25-27-29-31-33-35-37-41-50-69(49-40-36-34-32-30-28-26-23-21-19-17-15-13-11-9-2)84-56-58(86-69)48-54-74(7)53-44-38-42-52-71-65(82)67(3,4)57-85-68(5,6)55-61(75)70-51-43-39-45-59(63(78)79)72-66(83)73-60(64(80)81)46-47-62(76)77/h58-60H,8-57H2,1-7H3,(H,70,75)(H,71,82)(H,76,77)(H,78,79)(H,80,81)(H2,72,73,83). The van der Waals surface area contributed by atoms with Gasteiger partial charge in [0.1, 0.15) is 12.1 Å². The van der Waals surface area contributed by atoms with Crippen molar-refractivity contribution < 1.29 is 58.3 Å². The van der Waals surface area contributed by atoms with Crippen LogP contribution in [-0.4, -0.2) is 132 Å². The van der Waals surface area contributed by atoms with Crippen LogP contribution >= 0.6 is 0 Å². The Morgan fingerprint density at radius 1 is 0.535 bits per heavy atom. The summed E-state index contributed by atoms with van der Waals surface area (Å²) in [6.07, 6.45) is 49.8. The van der Waals surface area contributed by atoms with Crippen LogP contribution in [0.25, 0.3) is 0 Å². The molecule has 0 saturated carbocycles. The summed E-state index contributed by atoms with van der Waals surface area (Å²) in [6, 6.07) is -3.86. The molecule has 0 radical (unpaired) electrons. The summed E-state index contributed by atoms with van der Waals surface area (Å²) in [7, 11) is 2.19. The second-order valence-electron chi connectivity index (χ2n) is 26.8. The van der Waals surface area contributed by atoms with E-state index in [2.05, 4.69) is 47.1 Å². The summed E-state index contributed by atoms with van der Waals surface area (Å²) in [5, 5.41) is 37.9. The maximum absolute atomic E-state index is 13.2. The van der Waals surface area contributed by atoms with E-state index >= 15 is 0 Å². The molecule has 1 aliphatic heterocycles. The van der Waals surface area contributed by atoms with E-state index in [1.165, 1.54) is 205 Å². The van der Waals surface area contributed by atoms with Gasteiger partial charge in [-0.15, -0.1) is 0 Å². The lowest BCUT2D eigenvalue weighted by Crippen LogP contribution is -2.51. The van der Waals surface area contributed by atoms with Crippen molar-refractivity contribution in [2.45, 2.75) is 354 Å². The third kappa shape index (κ3) is 44.8. The minimum absolute atomic E-state index is 0.0154. The Labute approximate surface area is 523 Å². The van der Waals surface area contributed by atoms with E-state index in [4.69, 9.17) is 19.3 Å². The van der Waals surface area contributed by atoms with Crippen LogP contribution in [0.4, 0.5) is 4.79 Å². The van der Waals surface area contributed by atoms with Crippen LogP contribution in [0.3, 0.4) is 0 Å². The van der Waals surface area contributed by atoms with Gasteiger partial charge in [-0.3, -0.25) is 14.4 Å². The number of unbranched alkanes of at least 4 members (excludes halogenated alkanes) is 33. The lowest BCUT2D eigenvalue weighted by atomic mass is 9.92. The highest BCUT2D eigenvalue weighted by atomic mass is 16.7. The predicted molar refractivity (Wildman–Crippen MR) is 348 cm³/mol. The van der Waals surface area contributed by atoms with E-state index < -0.39 is 59.2 Å². The van der Waals surface area contributed by atoms with E-state index in [9.17, 15) is 39.0 Å². The van der Waals surface area contributed by atoms with Crippen molar-refractivity contribution in [1.82, 2.24) is 26.2 Å². The average Bonchev–Trinajstić information content (AvgIpc) is 3.80. The largest absolute Gasteiger partial charge is 0.481 e. The van der Waals surface area contributed by atoms with Gasteiger partial charge in [-0.25, -0.2) is 14.4 Å². The molecule has 0 aliphatic carbocycles. The molecule has 4 amide bonds. The molecule has 0 spiro atoms. The number of carboxylic acids is 3. The van der Waals surface area contributed by atoms with Crippen molar-refractivity contribution in [2.24, 2.45) is 5.41 Å². The number of nitrogens with zero attached hydrogens (tertiary/aromatic N) is 1. The SMILES string of the molecule is CCCCCCCCCCCCCCCCCCCC1(CCCCCCCCCCCCCCCCC)OCC(CCN(C)CCCCCNC(=O)C(C)(C)COC(C)(C)CC(=O)NCCCCC(NC(=O)NC(CCC(=O)O)C(=O)O)C(=O)O)O1. The Morgan fingerprint density at radius 3 is 1.38 bits per heavy atom. The van der Waals surface area contributed by atoms with Crippen LogP contribution in [0.5, 0.6) is 0 Å². The lowest BCUT2D eigenvalue weighted by molar-refractivity contribution is -0.180. The number of hydrogen-bond donors (Lipinski definition) is 7. The van der Waals surface area contributed by atoms with Gasteiger partial charge in [-0.05, 0) is 99.1 Å². The second-order valence-corrected chi connectivity index (χ2v) is 26.8. The van der Waals surface area contributed by atoms with Gasteiger partial charge in [0.2, 0.25) is 11.8 Å². The number of hydrogen-bond acceptors (Lipinski definition) is 10. The molecule has 1 rings (SSSR count). The molecule has 1 fully saturated rings. The molecule has 1 saturated heterocycles. The third-order valence-electron chi connectivity index (χ3n) is 17.2. The number of nitrogens with one attached hydrogen (secondary N) is 4. The fourth-order valence-electron chi connectivity index (χ4n) is 11.4. The number of ether oxygens (including phenoxy) is 3. The van der Waals surface area contributed by atoms with Gasteiger partial charge in [0, 0.05) is 38.9 Å². The molecule has 86 heavy (non-hydrogen) atoms. The molecule has 7 N–H and O–H groups in total. The van der Waals surface area contributed by atoms with Gasteiger partial charge in [0.15, 0.2) is 5.79 Å². The highest BCUT2D eigenvalue weighted by molar-refractivity contribution is 5.86. The first-order valence-corrected chi connectivity index (χ1v) is 35.2. The number of urea groups is 1. The summed E-state index contributed by atoms with van der Waals surface area (Å²) in [4.78, 5) is 74.7. The Balaban J connectivity index is 2.41. The van der Waals surface area contributed by atoms with Crippen LogP contribution < -0.4 is 21.3 Å². The molecule has 0 aromatic carbocycles. The predicted octanol–water partition coefficient (Wildman–Crippen LogP) is 15.6. The maximum atomic E-state index is 13.2. The zero-order chi connectivity index (χ0) is 63.6. The Kier molecular flexibility index (Phi) is 47.9. The molecule has 17 heteroatoms. The molecule has 1 aliphatic rings. The van der Waals surface area contributed by atoms with Crippen molar-refractivity contribution in [3.8, 4) is 0 Å². The van der Waals surface area contributed by atoms with Crippen molar-refractivity contribution in [1.29, 1.82) is 0 Å². The normalized spacial score (nSPS) is 16.1. The van der Waals surface area contributed by atoms with Gasteiger partial charge in [-0.2, -0.15) is 0 Å². The van der Waals surface area contributed by atoms with E-state index in [0.717, 1.165) is 51.6 Å². The zero-order valence-corrected chi connectivity index (χ0v) is 56.1. The molecule has 17 nitrogen and oxygen atoms in total. The Hall–Kier alpha value is -3.54. The average molecular weight is 1220 g/mol. The number of aliphatic carboxylic acids is 3. The monoisotopic (exact) mass is 1220 g/mol. The number of carbonyl (C=O) groups is 6. The van der Waals surface area contributed by atoms with Crippen LogP contribution in [0, 0.1) is 5.41 Å². The Bertz CT molecular complexity index is 1750. The summed E-state index contributed by atoms with van der Waals surface area (Å²) in [5.74, 6) is -4.79. The summed E-state index contributed by atoms with van der Waals surface area (Å²) in [5.41, 5.74) is -1.69. The summed E-state index contributed by atoms with van der Waals surface area (Å²) in [6.45, 7) is 15.4. The van der Waals surface area contributed by atoms with Crippen LogP contribution in [0.1, 0.15) is 324 Å². The molecule has 0 aromatic rings. The number of amides is 4. The van der Waals surface area contributed by atoms with Gasteiger partial charge in [0.05, 0.1) is 36.8 Å². The van der Waals surface area contributed by atoms with Gasteiger partial charge >= 0.3 is 23.9 Å². The van der Waals surface area contributed by atoms with E-state index in [1.807, 2.05) is 13.8 Å². The van der Waals surface area contributed by atoms with Crippen molar-refractivity contribution in [3.63, 3.8) is 0 Å². The topological polar surface area (TPSA) is 242 Å². The number of rotatable bonds is 61. The zero-order valence-electron chi connectivity index (χ0n) is 56.1. The fraction of sp³-hybridized carbons (Fsp3) is 0.913. The van der Waals surface area contributed by atoms with Crippen LogP contribution in [0.2, 0.25) is 0 Å². The van der Waals surface area contributed by atoms with Gasteiger partial charge < -0.3 is 55.7 Å². The molecule has 4 unspecified atom stereocenters. The van der Waals surface area contributed by atoms with Crippen LogP contribution in [-0.2, 0) is 38.2 Å². The fourth-order valence-corrected chi connectivity index (χ4v) is 11.4. The summed E-state index contributed by atoms with van der Waals surface area (Å²) < 4.78 is 19.7. The van der Waals surface area contributed by atoms with Crippen molar-refractivity contribution in [2.75, 3.05) is 46.4 Å². The molecule has 4 atom stereocenters. The highest BCUT2D eigenvalue weighted by Crippen LogP contribution is 2.36. The number of carboxylic acid groups (broad SMARTS) is 3. The van der Waals surface area contributed by atoms with Crippen molar-refractivity contribution >= 4 is 35.8 Å². The third-order valence-corrected chi connectivity index (χ3v) is 17.2. The van der Waals surface area contributed by atoms with E-state index in [-0.39, 0.29) is 50.3 Å². The van der Waals surface area contributed by atoms with E-state index in [1.54, 1.807) is 13.8 Å². The van der Waals surface area contributed by atoms with Crippen LogP contribution in [0.15, 0.2) is 0 Å². The minimum atomic E-state index is -1.50. The molecule has 1 heterocycles. The smallest absolute Gasteiger partial charge is 0.326 e.